The Morgan fingerprint density at radius 3 is 1.78 bits per heavy atom. The van der Waals surface area contributed by atoms with Crippen molar-refractivity contribution in [3.8, 4) is 0 Å². The van der Waals surface area contributed by atoms with Crippen LogP contribution in [0.1, 0.15) is 6.92 Å². The molecular weight excluding hydrogens is 140 g/mol. The van der Waals surface area contributed by atoms with Crippen LogP contribution in [0.3, 0.4) is 0 Å². The Kier molecular flexibility index (Phi) is 2.60. The molecule has 0 aromatic heterocycles. The van der Waals surface area contributed by atoms with Gasteiger partial charge in [0, 0.05) is 14.1 Å². The molecule has 0 spiro atoms. The maximum Gasteiger partial charge on any atom is 0.229 e. The molecule has 0 heterocycles. The molecule has 5 heteroatoms. The average molecular weight is 152 g/mol. The molecule has 0 amide bonds. The lowest BCUT2D eigenvalue weighted by Crippen LogP contribution is -2.36. The fourth-order valence-electron chi connectivity index (χ4n) is 0.333. The van der Waals surface area contributed by atoms with Crippen molar-refractivity contribution in [3.05, 3.63) is 0 Å². The molecule has 1 atom stereocenters. The van der Waals surface area contributed by atoms with Crippen LogP contribution in [0.5, 0.6) is 0 Å². The van der Waals surface area contributed by atoms with Gasteiger partial charge in [-0.2, -0.15) is 0 Å². The molecule has 0 aromatic carbocycles. The summed E-state index contributed by atoms with van der Waals surface area (Å²) in [6, 6.07) is 0. The van der Waals surface area contributed by atoms with E-state index >= 15 is 0 Å². The first-order valence-corrected chi connectivity index (χ1v) is 4.06. The number of hydrogen-bond donors (Lipinski definition) is 1. The number of nitrogens with two attached hydrogens (primary N) is 1. The van der Waals surface area contributed by atoms with Crippen LogP contribution in [0.15, 0.2) is 0 Å². The highest BCUT2D eigenvalue weighted by atomic mass is 32.2. The van der Waals surface area contributed by atoms with Crippen molar-refractivity contribution in [3.63, 3.8) is 0 Å². The SMILES string of the molecule is CC(N)S(=O)(=O)N(C)C. The third-order valence-electron chi connectivity index (χ3n) is 0.979. The number of hydrogen-bond acceptors (Lipinski definition) is 3. The zero-order chi connectivity index (χ0) is 7.65. The van der Waals surface area contributed by atoms with Crippen molar-refractivity contribution in [1.82, 2.24) is 4.31 Å². The Balaban J connectivity index is 4.42. The Hall–Kier alpha value is -0.130. The van der Waals surface area contributed by atoms with Gasteiger partial charge in [-0.1, -0.05) is 0 Å². The summed E-state index contributed by atoms with van der Waals surface area (Å²) >= 11 is 0. The van der Waals surface area contributed by atoms with Crippen molar-refractivity contribution in [2.24, 2.45) is 5.73 Å². The highest BCUT2D eigenvalue weighted by Crippen LogP contribution is 1.96. The standard InChI is InChI=1S/C4H12N2O2S/c1-4(5)9(7,8)6(2)3/h4H,5H2,1-3H3. The molecule has 0 rings (SSSR count). The Bertz CT molecular complexity index is 157. The van der Waals surface area contributed by atoms with Gasteiger partial charge < -0.3 is 5.73 Å². The maximum atomic E-state index is 10.8. The second-order valence-corrected chi connectivity index (χ2v) is 4.54. The van der Waals surface area contributed by atoms with E-state index in [1.54, 1.807) is 0 Å². The second-order valence-electron chi connectivity index (χ2n) is 2.03. The van der Waals surface area contributed by atoms with Crippen LogP contribution in [0.2, 0.25) is 0 Å². The van der Waals surface area contributed by atoms with Gasteiger partial charge in [0.2, 0.25) is 10.0 Å². The first-order valence-electron chi connectivity index (χ1n) is 2.56. The lowest BCUT2D eigenvalue weighted by atomic mass is 10.8. The van der Waals surface area contributed by atoms with Crippen LogP contribution in [0, 0.1) is 0 Å². The van der Waals surface area contributed by atoms with Crippen molar-refractivity contribution in [2.45, 2.75) is 12.3 Å². The zero-order valence-electron chi connectivity index (χ0n) is 5.83. The first kappa shape index (κ1) is 8.87. The van der Waals surface area contributed by atoms with E-state index in [0.29, 0.717) is 0 Å². The molecule has 0 fully saturated rings. The van der Waals surface area contributed by atoms with Crippen LogP contribution in [-0.2, 0) is 10.0 Å². The molecule has 2 N–H and O–H groups in total. The summed E-state index contributed by atoms with van der Waals surface area (Å²) in [6.45, 7) is 1.44. The molecule has 0 aliphatic heterocycles. The van der Waals surface area contributed by atoms with E-state index in [1.165, 1.54) is 21.0 Å². The third-order valence-corrected chi connectivity index (χ3v) is 2.94. The molecule has 0 aromatic rings. The molecular formula is C4H12N2O2S. The smallest absolute Gasteiger partial charge is 0.229 e. The van der Waals surface area contributed by atoms with E-state index in [9.17, 15) is 8.42 Å². The number of nitrogens with zero attached hydrogens (tertiary/aromatic N) is 1. The molecule has 0 radical (unpaired) electrons. The lowest BCUT2D eigenvalue weighted by molar-refractivity contribution is 0.509. The normalized spacial score (nSPS) is 16.1. The van der Waals surface area contributed by atoms with E-state index in [4.69, 9.17) is 5.73 Å². The fraction of sp³-hybridized carbons (Fsp3) is 1.00. The molecule has 0 aliphatic carbocycles. The summed E-state index contributed by atoms with van der Waals surface area (Å²) in [5, 5.41) is -0.812. The molecule has 0 aliphatic rings. The van der Waals surface area contributed by atoms with Gasteiger partial charge >= 0.3 is 0 Å². The highest BCUT2D eigenvalue weighted by molar-refractivity contribution is 7.89. The first-order chi connectivity index (χ1) is 3.89. The molecule has 56 valence electrons. The van der Waals surface area contributed by atoms with Gasteiger partial charge in [-0.25, -0.2) is 12.7 Å². The summed E-state index contributed by atoms with van der Waals surface area (Å²) in [5.74, 6) is 0. The fourth-order valence-corrected chi connectivity index (χ4v) is 0.998. The molecule has 0 bridgehead atoms. The Morgan fingerprint density at radius 1 is 1.44 bits per heavy atom. The minimum atomic E-state index is -3.20. The predicted molar refractivity (Wildman–Crippen MR) is 36.3 cm³/mol. The zero-order valence-corrected chi connectivity index (χ0v) is 6.64. The largest absolute Gasteiger partial charge is 0.314 e. The van der Waals surface area contributed by atoms with Gasteiger partial charge in [0.05, 0.1) is 0 Å². The van der Waals surface area contributed by atoms with Gasteiger partial charge in [-0.15, -0.1) is 0 Å². The van der Waals surface area contributed by atoms with Crippen LogP contribution < -0.4 is 5.73 Å². The van der Waals surface area contributed by atoms with Crippen LogP contribution in [0.25, 0.3) is 0 Å². The van der Waals surface area contributed by atoms with E-state index in [0.717, 1.165) is 4.31 Å². The summed E-state index contributed by atoms with van der Waals surface area (Å²) in [6.07, 6.45) is 0. The van der Waals surface area contributed by atoms with Crippen molar-refractivity contribution in [1.29, 1.82) is 0 Å². The van der Waals surface area contributed by atoms with Crippen LogP contribution in [-0.4, -0.2) is 32.2 Å². The summed E-state index contributed by atoms with van der Waals surface area (Å²) < 4.78 is 22.8. The minimum absolute atomic E-state index is 0.812. The monoisotopic (exact) mass is 152 g/mol. The van der Waals surface area contributed by atoms with E-state index in [1.807, 2.05) is 0 Å². The van der Waals surface area contributed by atoms with Gasteiger partial charge in [0.1, 0.15) is 5.37 Å². The summed E-state index contributed by atoms with van der Waals surface area (Å²) in [5.41, 5.74) is 5.14. The predicted octanol–water partition coefficient (Wildman–Crippen LogP) is -0.817. The quantitative estimate of drug-likeness (QED) is 0.562. The van der Waals surface area contributed by atoms with E-state index in [-0.39, 0.29) is 0 Å². The molecule has 4 nitrogen and oxygen atoms in total. The topological polar surface area (TPSA) is 63.4 Å². The van der Waals surface area contributed by atoms with Crippen molar-refractivity contribution in [2.75, 3.05) is 14.1 Å². The highest BCUT2D eigenvalue weighted by Gasteiger charge is 2.18. The van der Waals surface area contributed by atoms with E-state index in [2.05, 4.69) is 0 Å². The third kappa shape index (κ3) is 1.92. The summed E-state index contributed by atoms with van der Waals surface area (Å²) in [4.78, 5) is 0. The van der Waals surface area contributed by atoms with Gasteiger partial charge in [0.25, 0.3) is 0 Å². The van der Waals surface area contributed by atoms with Gasteiger partial charge in [0.15, 0.2) is 0 Å². The molecule has 0 saturated heterocycles. The van der Waals surface area contributed by atoms with Crippen molar-refractivity contribution >= 4 is 10.0 Å². The average Bonchev–Trinajstić information content (AvgIpc) is 1.65. The maximum absolute atomic E-state index is 10.8. The summed E-state index contributed by atoms with van der Waals surface area (Å²) in [7, 11) is -0.290. The Morgan fingerprint density at radius 2 is 1.78 bits per heavy atom. The molecule has 1 unspecified atom stereocenters. The van der Waals surface area contributed by atoms with Crippen LogP contribution >= 0.6 is 0 Å². The molecule has 9 heavy (non-hydrogen) atoms. The number of rotatable bonds is 2. The Labute approximate surface area is 55.7 Å². The lowest BCUT2D eigenvalue weighted by Gasteiger charge is -2.13. The van der Waals surface area contributed by atoms with Crippen LogP contribution in [0.4, 0.5) is 0 Å². The van der Waals surface area contributed by atoms with E-state index < -0.39 is 15.4 Å². The molecule has 0 saturated carbocycles. The van der Waals surface area contributed by atoms with Gasteiger partial charge in [-0.3, -0.25) is 0 Å². The number of sulfonamides is 1. The second kappa shape index (κ2) is 2.64. The minimum Gasteiger partial charge on any atom is -0.314 e. The van der Waals surface area contributed by atoms with Gasteiger partial charge in [-0.05, 0) is 6.92 Å². The van der Waals surface area contributed by atoms with Crippen molar-refractivity contribution < 1.29 is 8.42 Å².